The molecule has 2 aromatic carbocycles. The first-order chi connectivity index (χ1) is 10.4. The summed E-state index contributed by atoms with van der Waals surface area (Å²) in [4.78, 5) is 12.0. The Morgan fingerprint density at radius 2 is 1.95 bits per heavy atom. The second-order valence-electron chi connectivity index (χ2n) is 5.17. The molecule has 1 unspecified atom stereocenters. The molecule has 0 aliphatic rings. The summed E-state index contributed by atoms with van der Waals surface area (Å²) in [7, 11) is 1.42. The van der Waals surface area contributed by atoms with Gasteiger partial charge in [0.1, 0.15) is 17.2 Å². The molecule has 0 aromatic heterocycles. The van der Waals surface area contributed by atoms with Crippen molar-refractivity contribution in [1.29, 1.82) is 0 Å². The van der Waals surface area contributed by atoms with Gasteiger partial charge in [-0.3, -0.25) is 4.79 Å². The van der Waals surface area contributed by atoms with Gasteiger partial charge in [-0.1, -0.05) is 30.3 Å². The molecule has 4 nitrogen and oxygen atoms in total. The van der Waals surface area contributed by atoms with Gasteiger partial charge in [-0.25, -0.2) is 4.39 Å². The Morgan fingerprint density at radius 1 is 1.27 bits per heavy atom. The maximum atomic E-state index is 13.8. The van der Waals surface area contributed by atoms with Crippen LogP contribution in [0.25, 0.3) is 0 Å². The van der Waals surface area contributed by atoms with Crippen LogP contribution in [0.15, 0.2) is 48.5 Å². The fourth-order valence-electron chi connectivity index (χ4n) is 2.05. The quantitative estimate of drug-likeness (QED) is 0.892. The third-order valence-electron chi connectivity index (χ3n) is 3.41. The van der Waals surface area contributed by atoms with E-state index in [9.17, 15) is 14.3 Å². The summed E-state index contributed by atoms with van der Waals surface area (Å²) in [6.45, 7) is 1.56. The molecule has 0 radical (unpaired) electrons. The Hall–Kier alpha value is -2.40. The molecule has 0 bridgehead atoms. The number of ether oxygens (including phenoxy) is 1. The van der Waals surface area contributed by atoms with Crippen molar-refractivity contribution in [3.63, 3.8) is 0 Å². The molecule has 0 aliphatic heterocycles. The summed E-state index contributed by atoms with van der Waals surface area (Å²) in [5.74, 6) is -0.919. The predicted molar refractivity (Wildman–Crippen MR) is 81.3 cm³/mol. The number of carbonyl (C=O) groups is 1. The summed E-state index contributed by atoms with van der Waals surface area (Å²) >= 11 is 0. The molecule has 5 heteroatoms. The monoisotopic (exact) mass is 303 g/mol. The molecule has 22 heavy (non-hydrogen) atoms. The van der Waals surface area contributed by atoms with Gasteiger partial charge in [0.15, 0.2) is 0 Å². The summed E-state index contributed by atoms with van der Waals surface area (Å²) in [5, 5.41) is 13.0. The molecule has 1 atom stereocenters. The highest BCUT2D eigenvalue weighted by atomic mass is 19.1. The predicted octanol–water partition coefficient (Wildman–Crippen LogP) is 2.47. The molecule has 1 amide bonds. The molecule has 0 heterocycles. The van der Waals surface area contributed by atoms with Gasteiger partial charge < -0.3 is 15.2 Å². The van der Waals surface area contributed by atoms with Gasteiger partial charge in [0.25, 0.3) is 5.91 Å². The van der Waals surface area contributed by atoms with E-state index in [0.29, 0.717) is 11.3 Å². The van der Waals surface area contributed by atoms with Crippen LogP contribution in [0, 0.1) is 5.82 Å². The van der Waals surface area contributed by atoms with Gasteiger partial charge in [0.2, 0.25) is 0 Å². The molecule has 0 aliphatic carbocycles. The first kappa shape index (κ1) is 16.0. The van der Waals surface area contributed by atoms with Gasteiger partial charge in [0, 0.05) is 6.07 Å². The van der Waals surface area contributed by atoms with Crippen LogP contribution in [0.3, 0.4) is 0 Å². The van der Waals surface area contributed by atoms with Crippen LogP contribution < -0.4 is 10.1 Å². The van der Waals surface area contributed by atoms with Crippen molar-refractivity contribution >= 4 is 5.91 Å². The van der Waals surface area contributed by atoms with Crippen LogP contribution >= 0.6 is 0 Å². The molecule has 0 fully saturated rings. The zero-order chi connectivity index (χ0) is 16.2. The number of rotatable bonds is 5. The van der Waals surface area contributed by atoms with Crippen LogP contribution in [-0.2, 0) is 5.60 Å². The number of halogens is 1. The van der Waals surface area contributed by atoms with Crippen molar-refractivity contribution in [3.8, 4) is 5.75 Å². The molecule has 2 aromatic rings. The van der Waals surface area contributed by atoms with Crippen LogP contribution in [0.4, 0.5) is 4.39 Å². The summed E-state index contributed by atoms with van der Waals surface area (Å²) in [6, 6.07) is 13.0. The molecule has 0 saturated heterocycles. The van der Waals surface area contributed by atoms with Crippen molar-refractivity contribution in [1.82, 2.24) is 5.32 Å². The Labute approximate surface area is 128 Å². The molecular weight excluding hydrogens is 285 g/mol. The molecule has 2 N–H and O–H groups in total. The van der Waals surface area contributed by atoms with Crippen LogP contribution in [-0.4, -0.2) is 24.7 Å². The summed E-state index contributed by atoms with van der Waals surface area (Å²) in [6.07, 6.45) is 0. The van der Waals surface area contributed by atoms with E-state index in [1.165, 1.54) is 19.2 Å². The summed E-state index contributed by atoms with van der Waals surface area (Å²) in [5.41, 5.74) is -0.657. The Kier molecular flexibility index (Phi) is 4.78. The number of carbonyl (C=O) groups excluding carboxylic acids is 1. The largest absolute Gasteiger partial charge is 0.497 e. The maximum Gasteiger partial charge on any atom is 0.254 e. The fraction of sp³-hybridized carbons (Fsp3) is 0.235. The summed E-state index contributed by atoms with van der Waals surface area (Å²) < 4.78 is 18.7. The van der Waals surface area contributed by atoms with Gasteiger partial charge >= 0.3 is 0 Å². The SMILES string of the molecule is COc1ccc(C(=O)NCC(C)(O)c2ccccc2)c(F)c1. The second-order valence-corrected chi connectivity index (χ2v) is 5.17. The second kappa shape index (κ2) is 6.58. The number of hydrogen-bond donors (Lipinski definition) is 2. The smallest absolute Gasteiger partial charge is 0.254 e. The highest BCUT2D eigenvalue weighted by Gasteiger charge is 2.24. The first-order valence-corrected chi connectivity index (χ1v) is 6.83. The molecule has 2 rings (SSSR count). The number of nitrogens with one attached hydrogen (secondary N) is 1. The topological polar surface area (TPSA) is 58.6 Å². The van der Waals surface area contributed by atoms with Gasteiger partial charge in [-0.15, -0.1) is 0 Å². The maximum absolute atomic E-state index is 13.8. The molecule has 0 spiro atoms. The average molecular weight is 303 g/mol. The highest BCUT2D eigenvalue weighted by Crippen LogP contribution is 2.20. The molecular formula is C17H18FNO3. The third-order valence-corrected chi connectivity index (χ3v) is 3.41. The van der Waals surface area contributed by atoms with E-state index in [0.717, 1.165) is 6.07 Å². The normalized spacial score (nSPS) is 13.3. The van der Waals surface area contributed by atoms with Crippen molar-refractivity contribution < 1.29 is 19.0 Å². The number of hydrogen-bond acceptors (Lipinski definition) is 3. The lowest BCUT2D eigenvalue weighted by Gasteiger charge is -2.24. The Bertz CT molecular complexity index is 656. The van der Waals surface area contributed by atoms with E-state index in [1.807, 2.05) is 6.07 Å². The minimum atomic E-state index is -1.24. The van der Waals surface area contributed by atoms with Gasteiger partial charge in [-0.05, 0) is 24.6 Å². The van der Waals surface area contributed by atoms with E-state index in [-0.39, 0.29) is 12.1 Å². The number of aliphatic hydroxyl groups is 1. The van der Waals surface area contributed by atoms with Crippen molar-refractivity contribution in [2.75, 3.05) is 13.7 Å². The van der Waals surface area contributed by atoms with Crippen LogP contribution in [0.1, 0.15) is 22.8 Å². The number of benzene rings is 2. The van der Waals surface area contributed by atoms with E-state index in [2.05, 4.69) is 5.32 Å². The average Bonchev–Trinajstić information content (AvgIpc) is 2.53. The Balaban J connectivity index is 2.07. The van der Waals surface area contributed by atoms with E-state index >= 15 is 0 Å². The van der Waals surface area contributed by atoms with Gasteiger partial charge in [-0.2, -0.15) is 0 Å². The first-order valence-electron chi connectivity index (χ1n) is 6.83. The lowest BCUT2D eigenvalue weighted by molar-refractivity contribution is 0.0525. The lowest BCUT2D eigenvalue weighted by Crippen LogP contribution is -2.38. The van der Waals surface area contributed by atoms with Crippen molar-refractivity contribution in [2.24, 2.45) is 0 Å². The van der Waals surface area contributed by atoms with E-state index < -0.39 is 17.3 Å². The third kappa shape index (κ3) is 3.62. The van der Waals surface area contributed by atoms with Crippen molar-refractivity contribution in [3.05, 3.63) is 65.5 Å². The van der Waals surface area contributed by atoms with Crippen LogP contribution in [0.5, 0.6) is 5.75 Å². The minimum Gasteiger partial charge on any atom is -0.497 e. The standard InChI is InChI=1S/C17H18FNO3/c1-17(21,12-6-4-3-5-7-12)11-19-16(20)14-9-8-13(22-2)10-15(14)18/h3-10,21H,11H2,1-2H3,(H,19,20). The number of methoxy groups -OCH3 is 1. The fourth-order valence-corrected chi connectivity index (χ4v) is 2.05. The Morgan fingerprint density at radius 3 is 2.55 bits per heavy atom. The zero-order valence-corrected chi connectivity index (χ0v) is 12.5. The zero-order valence-electron chi connectivity index (χ0n) is 12.5. The van der Waals surface area contributed by atoms with E-state index in [4.69, 9.17) is 4.74 Å². The van der Waals surface area contributed by atoms with E-state index in [1.54, 1.807) is 31.2 Å². The van der Waals surface area contributed by atoms with Gasteiger partial charge in [0.05, 0.1) is 19.2 Å². The van der Waals surface area contributed by atoms with Crippen molar-refractivity contribution in [2.45, 2.75) is 12.5 Å². The van der Waals surface area contributed by atoms with Crippen LogP contribution in [0.2, 0.25) is 0 Å². The highest BCUT2D eigenvalue weighted by molar-refractivity contribution is 5.94. The number of amides is 1. The lowest BCUT2D eigenvalue weighted by atomic mass is 9.96. The molecule has 116 valence electrons. The molecule has 0 saturated carbocycles. The minimum absolute atomic E-state index is 0.0265.